The van der Waals surface area contributed by atoms with Gasteiger partial charge in [-0.3, -0.25) is 4.79 Å². The van der Waals surface area contributed by atoms with E-state index in [1.165, 1.54) is 12.1 Å². The highest BCUT2D eigenvalue weighted by Crippen LogP contribution is 2.31. The maximum absolute atomic E-state index is 13.7. The number of aryl methyl sites for hydroxylation is 1. The summed E-state index contributed by atoms with van der Waals surface area (Å²) in [6.07, 6.45) is 0.556. The average molecular weight is 555 g/mol. The van der Waals surface area contributed by atoms with Crippen molar-refractivity contribution in [3.05, 3.63) is 113 Å². The van der Waals surface area contributed by atoms with Crippen molar-refractivity contribution in [3.63, 3.8) is 0 Å². The summed E-state index contributed by atoms with van der Waals surface area (Å²) in [6, 6.07) is 25.7. The van der Waals surface area contributed by atoms with Crippen molar-refractivity contribution < 1.29 is 9.18 Å². The van der Waals surface area contributed by atoms with Gasteiger partial charge in [-0.1, -0.05) is 60.7 Å². The molecule has 0 saturated carbocycles. The van der Waals surface area contributed by atoms with Crippen molar-refractivity contribution in [2.24, 2.45) is 0 Å². The Morgan fingerprint density at radius 1 is 0.900 bits per heavy atom. The fourth-order valence-corrected chi connectivity index (χ4v) is 5.40. The molecule has 3 aromatic carbocycles. The van der Waals surface area contributed by atoms with Gasteiger partial charge in [0.15, 0.2) is 5.65 Å². The van der Waals surface area contributed by atoms with Crippen molar-refractivity contribution in [2.45, 2.75) is 18.7 Å². The highest BCUT2D eigenvalue weighted by molar-refractivity contribution is 6.30. The Kier molecular flexibility index (Phi) is 7.17. The van der Waals surface area contributed by atoms with E-state index in [1.54, 1.807) is 16.8 Å². The molecule has 0 N–H and O–H groups in total. The van der Waals surface area contributed by atoms with Crippen LogP contribution in [-0.2, 0) is 11.2 Å². The second-order valence-electron chi connectivity index (χ2n) is 9.88. The molecule has 40 heavy (non-hydrogen) atoms. The quantitative estimate of drug-likeness (QED) is 0.260. The second-order valence-corrected chi connectivity index (χ2v) is 10.3. The van der Waals surface area contributed by atoms with Crippen LogP contribution in [0.4, 0.5) is 10.2 Å². The molecular weight excluding hydrogens is 527 g/mol. The van der Waals surface area contributed by atoms with Gasteiger partial charge in [0, 0.05) is 32.6 Å². The Morgan fingerprint density at radius 3 is 2.23 bits per heavy atom. The molecule has 202 valence electrons. The van der Waals surface area contributed by atoms with E-state index < -0.39 is 5.38 Å². The van der Waals surface area contributed by atoms with Crippen molar-refractivity contribution in [1.82, 2.24) is 24.6 Å². The number of nitrogens with zero attached hydrogens (tertiary/aromatic N) is 6. The molecule has 2 aromatic heterocycles. The topological polar surface area (TPSA) is 67.2 Å². The summed E-state index contributed by atoms with van der Waals surface area (Å²) in [7, 11) is 0. The van der Waals surface area contributed by atoms with E-state index >= 15 is 0 Å². The lowest BCUT2D eigenvalue weighted by molar-refractivity contribution is -0.131. The molecule has 1 atom stereocenters. The number of fused-ring (bicyclic) bond motifs is 1. The van der Waals surface area contributed by atoms with Crippen LogP contribution in [0.3, 0.4) is 0 Å². The molecule has 0 spiro atoms. The summed E-state index contributed by atoms with van der Waals surface area (Å²) in [6.45, 7) is 4.19. The van der Waals surface area contributed by atoms with E-state index in [4.69, 9.17) is 26.7 Å². The van der Waals surface area contributed by atoms with Crippen LogP contribution in [0.2, 0.25) is 0 Å². The number of carbonyl (C=O) groups excluding carboxylic acids is 1. The predicted octanol–water partition coefficient (Wildman–Crippen LogP) is 5.48. The van der Waals surface area contributed by atoms with E-state index in [9.17, 15) is 9.18 Å². The Hall–Kier alpha value is -4.30. The molecular formula is C31H28ClFN6O. The molecule has 0 aliphatic carbocycles. The number of benzene rings is 3. The number of rotatable bonds is 6. The van der Waals surface area contributed by atoms with E-state index in [-0.39, 0.29) is 11.7 Å². The van der Waals surface area contributed by atoms with E-state index in [2.05, 4.69) is 17.0 Å². The lowest BCUT2D eigenvalue weighted by atomic mass is 10.1. The molecule has 0 radical (unpaired) electrons. The molecule has 1 fully saturated rings. The first-order valence-electron chi connectivity index (χ1n) is 13.3. The normalized spacial score (nSPS) is 14.5. The summed E-state index contributed by atoms with van der Waals surface area (Å²) in [5, 5.41) is 4.91. The number of amides is 1. The van der Waals surface area contributed by atoms with Crippen LogP contribution in [0.1, 0.15) is 28.0 Å². The second kappa shape index (κ2) is 11.1. The molecule has 1 saturated heterocycles. The minimum Gasteiger partial charge on any atom is -0.352 e. The Bertz CT molecular complexity index is 1630. The van der Waals surface area contributed by atoms with Crippen molar-refractivity contribution >= 4 is 34.4 Å². The van der Waals surface area contributed by atoms with E-state index in [0.29, 0.717) is 44.1 Å². The maximum Gasteiger partial charge on any atom is 0.245 e. The zero-order valence-corrected chi connectivity index (χ0v) is 22.8. The molecule has 3 heterocycles. The number of anilines is 1. The molecule has 7 nitrogen and oxygen atoms in total. The van der Waals surface area contributed by atoms with Gasteiger partial charge in [0.2, 0.25) is 5.91 Å². The van der Waals surface area contributed by atoms with Gasteiger partial charge in [-0.25, -0.2) is 19.0 Å². The molecule has 1 amide bonds. The molecule has 0 bridgehead atoms. The van der Waals surface area contributed by atoms with Crippen LogP contribution < -0.4 is 4.90 Å². The minimum atomic E-state index is -0.716. The maximum atomic E-state index is 13.7. The summed E-state index contributed by atoms with van der Waals surface area (Å²) in [5.41, 5.74) is 4.07. The largest absolute Gasteiger partial charge is 0.352 e. The van der Waals surface area contributed by atoms with E-state index in [1.807, 2.05) is 60.4 Å². The Balaban J connectivity index is 1.33. The molecule has 9 heteroatoms. The van der Waals surface area contributed by atoms with Crippen LogP contribution >= 0.6 is 11.6 Å². The third-order valence-corrected chi connectivity index (χ3v) is 7.64. The molecule has 0 unspecified atom stereocenters. The zero-order chi connectivity index (χ0) is 27.6. The third-order valence-electron chi connectivity index (χ3n) is 7.21. The Morgan fingerprint density at radius 2 is 1.55 bits per heavy atom. The Labute approximate surface area is 236 Å². The van der Waals surface area contributed by atoms with Crippen molar-refractivity contribution in [1.29, 1.82) is 0 Å². The fraction of sp³-hybridized carbons (Fsp3) is 0.226. The fourth-order valence-electron chi connectivity index (χ4n) is 5.12. The summed E-state index contributed by atoms with van der Waals surface area (Å²) < 4.78 is 15.4. The first-order valence-corrected chi connectivity index (χ1v) is 13.7. The number of piperazine rings is 1. The SMILES string of the molecule is Cc1nn(-c2ccc(F)cc2)c2nc(Cc3ccccc3)nc(N3CCN(C(=O)[C@@H](Cl)c4ccccc4)CC3)c12. The zero-order valence-electron chi connectivity index (χ0n) is 22.0. The van der Waals surface area contributed by atoms with Gasteiger partial charge in [0.25, 0.3) is 0 Å². The van der Waals surface area contributed by atoms with Crippen molar-refractivity contribution in [2.75, 3.05) is 31.1 Å². The third kappa shape index (κ3) is 5.14. The van der Waals surface area contributed by atoms with Crippen LogP contribution in [0.15, 0.2) is 84.9 Å². The first kappa shape index (κ1) is 26.0. The number of hydrogen-bond acceptors (Lipinski definition) is 5. The van der Waals surface area contributed by atoms with Crippen LogP contribution in [0.25, 0.3) is 16.7 Å². The lowest BCUT2D eigenvalue weighted by Gasteiger charge is -2.36. The van der Waals surface area contributed by atoms with Crippen LogP contribution in [0, 0.1) is 12.7 Å². The number of carbonyl (C=O) groups is 1. The molecule has 1 aliphatic rings. The first-order chi connectivity index (χ1) is 19.5. The van der Waals surface area contributed by atoms with Gasteiger partial charge < -0.3 is 9.80 Å². The summed E-state index contributed by atoms with van der Waals surface area (Å²) in [5.74, 6) is 1.06. The van der Waals surface area contributed by atoms with E-state index in [0.717, 1.165) is 33.7 Å². The lowest BCUT2D eigenvalue weighted by Crippen LogP contribution is -2.50. The summed E-state index contributed by atoms with van der Waals surface area (Å²) >= 11 is 6.55. The van der Waals surface area contributed by atoms with Crippen LogP contribution in [0.5, 0.6) is 0 Å². The number of hydrogen-bond donors (Lipinski definition) is 0. The standard InChI is InChI=1S/C31H28ClFN6O/c1-21-27-29(37-16-18-38(19-17-37)31(40)28(32)23-10-6-3-7-11-23)34-26(20-22-8-4-2-5-9-22)35-30(27)39(36-21)25-14-12-24(33)13-15-25/h2-15,28H,16-20H2,1H3/t28-/m0/s1. The van der Waals surface area contributed by atoms with Gasteiger partial charge in [-0.05, 0) is 42.3 Å². The summed E-state index contributed by atoms with van der Waals surface area (Å²) in [4.78, 5) is 27.1. The monoisotopic (exact) mass is 554 g/mol. The van der Waals surface area contributed by atoms with Crippen LogP contribution in [-0.4, -0.2) is 56.7 Å². The van der Waals surface area contributed by atoms with Gasteiger partial charge in [0.1, 0.15) is 22.8 Å². The minimum absolute atomic E-state index is 0.0922. The van der Waals surface area contributed by atoms with Crippen molar-refractivity contribution in [3.8, 4) is 5.69 Å². The number of aromatic nitrogens is 4. The smallest absolute Gasteiger partial charge is 0.245 e. The highest BCUT2D eigenvalue weighted by Gasteiger charge is 2.29. The van der Waals surface area contributed by atoms with Gasteiger partial charge >= 0.3 is 0 Å². The highest BCUT2D eigenvalue weighted by atomic mass is 35.5. The molecule has 1 aliphatic heterocycles. The predicted molar refractivity (Wildman–Crippen MR) is 154 cm³/mol. The molecule has 6 rings (SSSR count). The number of alkyl halides is 1. The van der Waals surface area contributed by atoms with Gasteiger partial charge in [0.05, 0.1) is 16.8 Å². The average Bonchev–Trinajstić information content (AvgIpc) is 3.33. The van der Waals surface area contributed by atoms with Gasteiger partial charge in [-0.15, -0.1) is 11.6 Å². The number of halogens is 2. The molecule has 5 aromatic rings. The van der Waals surface area contributed by atoms with Gasteiger partial charge in [-0.2, -0.15) is 5.10 Å².